The summed E-state index contributed by atoms with van der Waals surface area (Å²) in [4.78, 5) is 33.7. The van der Waals surface area contributed by atoms with Crippen LogP contribution in [0.1, 0.15) is 39.5 Å². The molecule has 3 N–H and O–H groups in total. The van der Waals surface area contributed by atoms with Crippen molar-refractivity contribution < 1.29 is 24.2 Å². The molecule has 0 unspecified atom stereocenters. The number of imide groups is 1. The van der Waals surface area contributed by atoms with Crippen LogP contribution < -0.4 is 10.6 Å². The van der Waals surface area contributed by atoms with E-state index < -0.39 is 23.3 Å². The number of carboxylic acids is 1. The van der Waals surface area contributed by atoms with Gasteiger partial charge in [0.15, 0.2) is 0 Å². The minimum atomic E-state index is -1.19. The molecule has 0 radical (unpaired) electrons. The summed E-state index contributed by atoms with van der Waals surface area (Å²) in [5, 5.41) is 13.5. The Morgan fingerprint density at radius 1 is 1.15 bits per heavy atom. The summed E-state index contributed by atoms with van der Waals surface area (Å²) < 4.78 is 4.90. The maximum Gasteiger partial charge on any atom is 0.321 e. The number of nitrogens with one attached hydrogen (secondary N) is 2. The number of hydrogen-bond donors (Lipinski definition) is 3. The van der Waals surface area contributed by atoms with Crippen LogP contribution in [0, 0.1) is 5.41 Å². The largest absolute Gasteiger partial charge is 0.481 e. The van der Waals surface area contributed by atoms with Crippen molar-refractivity contribution >= 4 is 17.9 Å². The summed E-state index contributed by atoms with van der Waals surface area (Å²) >= 11 is 0. The minimum absolute atomic E-state index is 0.246. The number of carbonyl (C=O) groups excluding carboxylic acids is 2. The summed E-state index contributed by atoms with van der Waals surface area (Å²) in [6, 6.07) is -0.595. The number of carboxylic acid groups (broad SMARTS) is 1. The zero-order chi connectivity index (χ0) is 15.6. The quantitative estimate of drug-likeness (QED) is 0.552. The molecule has 0 saturated carbocycles. The van der Waals surface area contributed by atoms with E-state index in [0.29, 0.717) is 13.2 Å². The maximum atomic E-state index is 11.5. The van der Waals surface area contributed by atoms with Crippen LogP contribution in [0.5, 0.6) is 0 Å². The molecule has 0 bridgehead atoms. The number of unbranched alkanes of at least 4 members (excludes halogenated alkanes) is 2. The molecule has 0 heterocycles. The van der Waals surface area contributed by atoms with Gasteiger partial charge in [-0.05, 0) is 33.1 Å². The van der Waals surface area contributed by atoms with Gasteiger partial charge in [-0.1, -0.05) is 0 Å². The van der Waals surface area contributed by atoms with E-state index in [9.17, 15) is 14.4 Å². The molecule has 0 aromatic carbocycles. The summed E-state index contributed by atoms with van der Waals surface area (Å²) in [5.41, 5.74) is -1.19. The Balaban J connectivity index is 3.81. The van der Waals surface area contributed by atoms with Gasteiger partial charge in [-0.25, -0.2) is 4.79 Å². The lowest BCUT2D eigenvalue weighted by Gasteiger charge is -2.17. The van der Waals surface area contributed by atoms with Crippen LogP contribution >= 0.6 is 0 Å². The average molecular weight is 288 g/mol. The highest BCUT2D eigenvalue weighted by Gasteiger charge is 2.30. The highest BCUT2D eigenvalue weighted by molar-refractivity contribution is 5.96. The van der Waals surface area contributed by atoms with E-state index >= 15 is 0 Å². The van der Waals surface area contributed by atoms with Crippen LogP contribution in [-0.2, 0) is 14.3 Å². The zero-order valence-corrected chi connectivity index (χ0v) is 12.3. The molecule has 0 saturated heterocycles. The molecule has 116 valence electrons. The Labute approximate surface area is 119 Å². The molecule has 0 spiro atoms. The molecule has 0 rings (SSSR count). The molecule has 7 nitrogen and oxygen atoms in total. The number of methoxy groups -OCH3 is 1. The van der Waals surface area contributed by atoms with E-state index in [1.165, 1.54) is 13.8 Å². The molecular formula is C13H24N2O5. The molecular weight excluding hydrogens is 264 g/mol. The lowest BCUT2D eigenvalue weighted by Crippen LogP contribution is -2.42. The van der Waals surface area contributed by atoms with E-state index in [-0.39, 0.29) is 6.42 Å². The molecule has 0 aromatic rings. The van der Waals surface area contributed by atoms with Gasteiger partial charge in [0.25, 0.3) is 0 Å². The first-order valence-corrected chi connectivity index (χ1v) is 6.59. The van der Waals surface area contributed by atoms with E-state index in [1.54, 1.807) is 7.11 Å². The normalized spacial score (nSPS) is 10.9. The van der Waals surface area contributed by atoms with Crippen molar-refractivity contribution in [1.29, 1.82) is 0 Å². The first kappa shape index (κ1) is 18.4. The Bertz CT molecular complexity index is 342. The first-order valence-electron chi connectivity index (χ1n) is 6.59. The third-order valence-corrected chi connectivity index (χ3v) is 2.75. The summed E-state index contributed by atoms with van der Waals surface area (Å²) in [6.07, 6.45) is 2.40. The molecule has 0 aliphatic rings. The van der Waals surface area contributed by atoms with Gasteiger partial charge in [-0.15, -0.1) is 0 Å². The monoisotopic (exact) mass is 288 g/mol. The van der Waals surface area contributed by atoms with Crippen molar-refractivity contribution in [3.63, 3.8) is 0 Å². The summed E-state index contributed by atoms with van der Waals surface area (Å²) in [5.74, 6) is -1.68. The van der Waals surface area contributed by atoms with Crippen molar-refractivity contribution in [2.45, 2.75) is 39.5 Å². The fourth-order valence-corrected chi connectivity index (χ4v) is 1.44. The van der Waals surface area contributed by atoms with Gasteiger partial charge >= 0.3 is 12.0 Å². The van der Waals surface area contributed by atoms with Gasteiger partial charge in [0.05, 0.1) is 5.41 Å². The highest BCUT2D eigenvalue weighted by atomic mass is 16.5. The lowest BCUT2D eigenvalue weighted by atomic mass is 9.89. The van der Waals surface area contributed by atoms with Crippen molar-refractivity contribution in [1.82, 2.24) is 10.6 Å². The topological polar surface area (TPSA) is 105 Å². The smallest absolute Gasteiger partial charge is 0.321 e. The van der Waals surface area contributed by atoms with Crippen molar-refractivity contribution in [3.8, 4) is 0 Å². The molecule has 0 atom stereocenters. The van der Waals surface area contributed by atoms with Gasteiger partial charge < -0.3 is 15.2 Å². The van der Waals surface area contributed by atoms with Gasteiger partial charge in [0.1, 0.15) is 0 Å². The van der Waals surface area contributed by atoms with Gasteiger partial charge in [-0.3, -0.25) is 14.9 Å². The van der Waals surface area contributed by atoms with Crippen LogP contribution in [-0.4, -0.2) is 43.3 Å². The Kier molecular flexibility index (Phi) is 8.54. The molecule has 0 aromatic heterocycles. The summed E-state index contributed by atoms with van der Waals surface area (Å²) in [7, 11) is 1.63. The number of rotatable bonds is 9. The van der Waals surface area contributed by atoms with E-state index in [0.717, 1.165) is 19.3 Å². The van der Waals surface area contributed by atoms with Crippen LogP contribution in [0.25, 0.3) is 0 Å². The molecule has 0 aliphatic carbocycles. The molecule has 7 heteroatoms. The standard InChI is InChI=1S/C13H24N2O5/c1-13(2,11(17)18)9-10(16)15-12(19)14-7-5-4-6-8-20-3/h4-9H2,1-3H3,(H,17,18)(H2,14,15,16,19). The second kappa shape index (κ2) is 9.30. The fraction of sp³-hybridized carbons (Fsp3) is 0.769. The van der Waals surface area contributed by atoms with E-state index in [2.05, 4.69) is 10.6 Å². The highest BCUT2D eigenvalue weighted by Crippen LogP contribution is 2.19. The molecule has 3 amide bonds. The van der Waals surface area contributed by atoms with Crippen molar-refractivity contribution in [2.75, 3.05) is 20.3 Å². The molecule has 20 heavy (non-hydrogen) atoms. The number of amides is 3. The van der Waals surface area contributed by atoms with Crippen molar-refractivity contribution in [3.05, 3.63) is 0 Å². The van der Waals surface area contributed by atoms with Crippen LogP contribution in [0.3, 0.4) is 0 Å². The van der Waals surface area contributed by atoms with Crippen LogP contribution in [0.2, 0.25) is 0 Å². The van der Waals surface area contributed by atoms with Crippen molar-refractivity contribution in [2.24, 2.45) is 5.41 Å². The Morgan fingerprint density at radius 2 is 1.80 bits per heavy atom. The number of ether oxygens (including phenoxy) is 1. The lowest BCUT2D eigenvalue weighted by molar-refractivity contribution is -0.149. The van der Waals surface area contributed by atoms with Crippen LogP contribution in [0.4, 0.5) is 4.79 Å². The molecule has 0 fully saturated rings. The van der Waals surface area contributed by atoms with E-state index in [4.69, 9.17) is 9.84 Å². The number of urea groups is 1. The van der Waals surface area contributed by atoms with Gasteiger partial charge in [0, 0.05) is 26.7 Å². The third kappa shape index (κ3) is 8.47. The predicted octanol–water partition coefficient (Wildman–Crippen LogP) is 1.13. The second-order valence-electron chi connectivity index (χ2n) is 5.22. The Hall–Kier alpha value is -1.63. The third-order valence-electron chi connectivity index (χ3n) is 2.75. The number of aliphatic carboxylic acids is 1. The Morgan fingerprint density at radius 3 is 2.35 bits per heavy atom. The first-order chi connectivity index (χ1) is 9.29. The molecule has 0 aliphatic heterocycles. The zero-order valence-electron chi connectivity index (χ0n) is 12.3. The van der Waals surface area contributed by atoms with Gasteiger partial charge in [0.2, 0.25) is 5.91 Å². The second-order valence-corrected chi connectivity index (χ2v) is 5.22. The predicted molar refractivity (Wildman–Crippen MR) is 73.3 cm³/mol. The maximum absolute atomic E-state index is 11.5. The number of hydrogen-bond acceptors (Lipinski definition) is 4. The summed E-state index contributed by atoms with van der Waals surface area (Å²) in [6.45, 7) is 4.02. The van der Waals surface area contributed by atoms with E-state index in [1.807, 2.05) is 0 Å². The SMILES string of the molecule is COCCCCCNC(=O)NC(=O)CC(C)(C)C(=O)O. The minimum Gasteiger partial charge on any atom is -0.481 e. The number of carbonyl (C=O) groups is 3. The average Bonchev–Trinajstić information content (AvgIpc) is 2.32. The van der Waals surface area contributed by atoms with Crippen LogP contribution in [0.15, 0.2) is 0 Å². The fourth-order valence-electron chi connectivity index (χ4n) is 1.44. The van der Waals surface area contributed by atoms with Gasteiger partial charge in [-0.2, -0.15) is 0 Å².